The zero-order valence-electron chi connectivity index (χ0n) is 25.3. The van der Waals surface area contributed by atoms with E-state index in [9.17, 15) is 26.3 Å². The molecule has 0 spiro atoms. The minimum Gasteiger partial charge on any atom is -0.494 e. The van der Waals surface area contributed by atoms with Gasteiger partial charge in [-0.2, -0.15) is 26.3 Å². The van der Waals surface area contributed by atoms with Crippen molar-refractivity contribution >= 4 is 45.4 Å². The Bertz CT molecular complexity index is 1840. The summed E-state index contributed by atoms with van der Waals surface area (Å²) in [5.41, 5.74) is 14.1. The summed E-state index contributed by atoms with van der Waals surface area (Å²) in [6.07, 6.45) is -5.65. The first-order valence-corrected chi connectivity index (χ1v) is 14.1. The van der Waals surface area contributed by atoms with Crippen LogP contribution in [0.1, 0.15) is 18.5 Å². The molecule has 6 N–H and O–H groups in total. The number of aromatic nitrogens is 5. The number of nitrogen functional groups attached to an aromatic ring is 2. The zero-order valence-corrected chi connectivity index (χ0v) is 25.3. The number of unbranched alkanes of at least 4 members (excludes halogenated alkanes) is 1. The van der Waals surface area contributed by atoms with Crippen LogP contribution in [0.15, 0.2) is 66.9 Å². The number of anilines is 2. The van der Waals surface area contributed by atoms with Gasteiger partial charge in [-0.1, -0.05) is 5.21 Å². The Morgan fingerprint density at radius 3 is 1.65 bits per heavy atom. The lowest BCUT2D eigenvalue weighted by Crippen LogP contribution is -2.21. The van der Waals surface area contributed by atoms with Gasteiger partial charge in [0.05, 0.1) is 29.9 Å². The van der Waals surface area contributed by atoms with Crippen LogP contribution < -0.4 is 20.9 Å². The van der Waals surface area contributed by atoms with Crippen LogP contribution in [-0.4, -0.2) is 72.7 Å². The second-order valence-corrected chi connectivity index (χ2v) is 9.91. The van der Waals surface area contributed by atoms with E-state index in [-0.39, 0.29) is 0 Å². The fraction of sp³-hybridized carbons (Fsp3) is 0.267. The van der Waals surface area contributed by atoms with Crippen molar-refractivity contribution in [3.05, 3.63) is 72.6 Å². The maximum absolute atomic E-state index is 10.6. The van der Waals surface area contributed by atoms with Gasteiger partial charge < -0.3 is 31.2 Å². The van der Waals surface area contributed by atoms with E-state index >= 15 is 0 Å². The number of fused-ring (bicyclic) bond motifs is 2. The van der Waals surface area contributed by atoms with Crippen molar-refractivity contribution in [1.82, 2.24) is 25.0 Å². The molecule has 13 nitrogen and oxygen atoms in total. The summed E-state index contributed by atoms with van der Waals surface area (Å²) in [6, 6.07) is 19.1. The maximum Gasteiger partial charge on any atom is 0.490 e. The van der Waals surface area contributed by atoms with Crippen molar-refractivity contribution in [3.8, 4) is 11.5 Å². The van der Waals surface area contributed by atoms with E-state index in [1.54, 1.807) is 12.1 Å². The van der Waals surface area contributed by atoms with Crippen molar-refractivity contribution in [2.24, 2.45) is 0 Å². The zero-order chi connectivity index (χ0) is 36.2. The normalized spacial score (nSPS) is 11.2. The minimum absolute atomic E-state index is 0.510. The molecule has 5 rings (SSSR count). The first kappa shape index (κ1) is 37.6. The lowest BCUT2D eigenvalue weighted by Gasteiger charge is -2.07. The highest BCUT2D eigenvalue weighted by Crippen LogP contribution is 2.22. The molecular formula is C30H29F6N7O6. The van der Waals surface area contributed by atoms with Crippen LogP contribution >= 0.6 is 0 Å². The van der Waals surface area contributed by atoms with Crippen LogP contribution in [-0.2, 0) is 22.6 Å². The third-order valence-corrected chi connectivity index (χ3v) is 6.11. The van der Waals surface area contributed by atoms with Crippen LogP contribution in [0.3, 0.4) is 0 Å². The second-order valence-electron chi connectivity index (χ2n) is 9.91. The number of carbonyl (C=O) groups is 2. The maximum atomic E-state index is 10.6. The predicted molar refractivity (Wildman–Crippen MR) is 164 cm³/mol. The molecule has 0 fully saturated rings. The van der Waals surface area contributed by atoms with E-state index in [1.165, 1.54) is 0 Å². The monoisotopic (exact) mass is 697 g/mol. The lowest BCUT2D eigenvalue weighted by molar-refractivity contribution is -0.193. The number of halogens is 6. The number of nitrogens with zero attached hydrogens (tertiary/aromatic N) is 5. The first-order chi connectivity index (χ1) is 23.0. The van der Waals surface area contributed by atoms with Gasteiger partial charge in [-0.05, 0) is 73.5 Å². The second kappa shape index (κ2) is 16.8. The van der Waals surface area contributed by atoms with Gasteiger partial charge in [-0.3, -0.25) is 4.68 Å². The van der Waals surface area contributed by atoms with Crippen molar-refractivity contribution in [3.63, 3.8) is 0 Å². The SMILES string of the molecule is Nc1ccc2cc(OCCCCn3cc(CCOc4ccc5nc(N)ccc5c4)nn3)ccc2n1.O=C(O)C(F)(F)F.O=C(O)C(F)(F)F. The van der Waals surface area contributed by atoms with Crippen LogP contribution in [0.5, 0.6) is 11.5 Å². The molecular weight excluding hydrogens is 668 g/mol. The topological polar surface area (TPSA) is 202 Å². The number of rotatable bonds is 10. The number of pyridine rings is 2. The molecule has 3 heterocycles. The third-order valence-electron chi connectivity index (χ3n) is 6.11. The summed E-state index contributed by atoms with van der Waals surface area (Å²) in [4.78, 5) is 26.4. The number of alkyl halides is 6. The molecule has 0 aliphatic heterocycles. The van der Waals surface area contributed by atoms with E-state index in [1.807, 2.05) is 59.4 Å². The van der Waals surface area contributed by atoms with Gasteiger partial charge in [0.2, 0.25) is 0 Å². The highest BCUT2D eigenvalue weighted by molar-refractivity contribution is 5.82. The lowest BCUT2D eigenvalue weighted by atomic mass is 10.2. The van der Waals surface area contributed by atoms with Gasteiger partial charge in [0.25, 0.3) is 0 Å². The molecule has 0 amide bonds. The number of carboxylic acid groups (broad SMARTS) is 2. The molecule has 0 aliphatic carbocycles. The average Bonchev–Trinajstić information content (AvgIpc) is 3.48. The van der Waals surface area contributed by atoms with Gasteiger partial charge in [-0.15, -0.1) is 5.10 Å². The number of benzene rings is 2. The van der Waals surface area contributed by atoms with Crippen LogP contribution in [0.4, 0.5) is 38.0 Å². The van der Waals surface area contributed by atoms with Gasteiger partial charge >= 0.3 is 24.3 Å². The Morgan fingerprint density at radius 1 is 0.714 bits per heavy atom. The highest BCUT2D eigenvalue weighted by Gasteiger charge is 2.38. The molecule has 0 unspecified atom stereocenters. The summed E-state index contributed by atoms with van der Waals surface area (Å²) in [7, 11) is 0. The van der Waals surface area contributed by atoms with Crippen molar-refractivity contribution in [1.29, 1.82) is 0 Å². The molecule has 49 heavy (non-hydrogen) atoms. The molecule has 2 aromatic carbocycles. The molecule has 0 saturated heterocycles. The van der Waals surface area contributed by atoms with E-state index in [0.717, 1.165) is 58.4 Å². The Morgan fingerprint density at radius 2 is 1.18 bits per heavy atom. The number of ether oxygens (including phenoxy) is 2. The number of aryl methyl sites for hydroxylation is 1. The number of hydrogen-bond acceptors (Lipinski definition) is 10. The Labute approximate surface area is 273 Å². The van der Waals surface area contributed by atoms with Gasteiger partial charge in [-0.25, -0.2) is 19.6 Å². The van der Waals surface area contributed by atoms with E-state index in [4.69, 9.17) is 40.7 Å². The average molecular weight is 698 g/mol. The van der Waals surface area contributed by atoms with Crippen LogP contribution in [0.2, 0.25) is 0 Å². The Hall–Kier alpha value is -5.88. The standard InChI is InChI=1S/C26H27N7O2.2C2HF3O2/c27-25-9-3-18-15-21(5-7-23(18)29-25)34-13-2-1-12-33-17-20(31-32-33)11-14-35-22-6-8-24-19(16-22)4-10-26(28)30-24;2*3-2(4,5)1(6)7/h3-10,15-17H,1-2,11-14H2,(H2,27,29)(H2,28,30);2*(H,6,7). The molecule has 0 atom stereocenters. The number of hydrogen-bond donors (Lipinski definition) is 4. The smallest absolute Gasteiger partial charge is 0.490 e. The molecule has 5 aromatic rings. The molecule has 0 saturated carbocycles. The molecule has 0 aliphatic rings. The number of nitrogens with two attached hydrogens (primary N) is 2. The molecule has 3 aromatic heterocycles. The fourth-order valence-corrected chi connectivity index (χ4v) is 3.82. The van der Waals surface area contributed by atoms with Gasteiger partial charge in [0.1, 0.15) is 23.1 Å². The summed E-state index contributed by atoms with van der Waals surface area (Å²) in [5, 5.41) is 24.7. The quantitative estimate of drug-likeness (QED) is 0.109. The summed E-state index contributed by atoms with van der Waals surface area (Å²) in [6.45, 7) is 1.95. The van der Waals surface area contributed by atoms with Crippen molar-refractivity contribution in [2.45, 2.75) is 38.2 Å². The summed E-state index contributed by atoms with van der Waals surface area (Å²) in [5.74, 6) is -2.86. The Kier molecular flexibility index (Phi) is 12.9. The fourth-order valence-electron chi connectivity index (χ4n) is 3.82. The largest absolute Gasteiger partial charge is 0.494 e. The highest BCUT2D eigenvalue weighted by atomic mass is 19.4. The third kappa shape index (κ3) is 12.7. The molecule has 0 radical (unpaired) electrons. The molecule has 0 bridgehead atoms. The summed E-state index contributed by atoms with van der Waals surface area (Å²) < 4.78 is 77.1. The molecule has 262 valence electrons. The molecule has 19 heteroatoms. The van der Waals surface area contributed by atoms with E-state index < -0.39 is 24.3 Å². The number of aliphatic carboxylic acids is 2. The number of carboxylic acids is 2. The summed E-state index contributed by atoms with van der Waals surface area (Å²) >= 11 is 0. The minimum atomic E-state index is -5.08. The predicted octanol–water partition coefficient (Wildman–Crippen LogP) is 5.29. The van der Waals surface area contributed by atoms with Gasteiger partial charge in [0.15, 0.2) is 0 Å². The van der Waals surface area contributed by atoms with Crippen molar-refractivity contribution in [2.75, 3.05) is 24.7 Å². The van der Waals surface area contributed by atoms with Crippen molar-refractivity contribution < 1.29 is 55.6 Å². The van der Waals surface area contributed by atoms with E-state index in [0.29, 0.717) is 31.3 Å². The first-order valence-electron chi connectivity index (χ1n) is 14.1. The van der Waals surface area contributed by atoms with Crippen LogP contribution in [0, 0.1) is 0 Å². The van der Waals surface area contributed by atoms with Gasteiger partial charge in [0, 0.05) is 29.9 Å². The Balaban J connectivity index is 0.000000392. The van der Waals surface area contributed by atoms with E-state index in [2.05, 4.69) is 20.3 Å². The van der Waals surface area contributed by atoms with Crippen LogP contribution in [0.25, 0.3) is 21.8 Å².